The summed E-state index contributed by atoms with van der Waals surface area (Å²) in [5, 5.41) is 15.3. The Labute approximate surface area is 232 Å². The van der Waals surface area contributed by atoms with E-state index in [1.165, 1.54) is 6.33 Å². The Bertz CT molecular complexity index is 1810. The summed E-state index contributed by atoms with van der Waals surface area (Å²) in [5.41, 5.74) is 14.5. The number of fused-ring (bicyclic) bond motifs is 1. The normalized spacial score (nSPS) is 20.4. The molecule has 1 saturated carbocycles. The van der Waals surface area contributed by atoms with Crippen LogP contribution in [0.4, 0.5) is 0 Å². The predicted molar refractivity (Wildman–Crippen MR) is 156 cm³/mol. The molecule has 0 bridgehead atoms. The van der Waals surface area contributed by atoms with E-state index < -0.39 is 11.1 Å². The van der Waals surface area contributed by atoms with Crippen molar-refractivity contribution in [3.05, 3.63) is 115 Å². The average molecular weight is 525 g/mol. The number of nitrogens with two attached hydrogens (primary N) is 1. The fraction of sp³-hybridized carbons (Fsp3) is 0.152. The monoisotopic (exact) mass is 524 g/mol. The van der Waals surface area contributed by atoms with Gasteiger partial charge in [-0.2, -0.15) is 5.10 Å². The predicted octanol–water partition coefficient (Wildman–Crippen LogP) is 5.89. The minimum Gasteiger partial charge on any atom is -0.390 e. The van der Waals surface area contributed by atoms with E-state index in [2.05, 4.69) is 46.4 Å². The van der Waals surface area contributed by atoms with Gasteiger partial charge in [0.1, 0.15) is 12.0 Å². The second-order valence-corrected chi connectivity index (χ2v) is 10.9. The van der Waals surface area contributed by atoms with Crippen LogP contribution in [-0.4, -0.2) is 35.3 Å². The zero-order valence-electron chi connectivity index (χ0n) is 22.1. The Morgan fingerprint density at radius 1 is 0.750 bits per heavy atom. The van der Waals surface area contributed by atoms with Crippen molar-refractivity contribution in [1.29, 1.82) is 0 Å². The van der Waals surface area contributed by atoms with Gasteiger partial charge < -0.3 is 10.8 Å². The third-order valence-electron chi connectivity index (χ3n) is 7.72. The van der Waals surface area contributed by atoms with Crippen LogP contribution >= 0.6 is 0 Å². The fourth-order valence-corrected chi connectivity index (χ4v) is 5.98. The van der Waals surface area contributed by atoms with Crippen LogP contribution in [0.25, 0.3) is 50.4 Å². The van der Waals surface area contributed by atoms with Gasteiger partial charge in [0.2, 0.25) is 0 Å². The molecule has 0 aliphatic heterocycles. The van der Waals surface area contributed by atoms with Crippen molar-refractivity contribution in [2.45, 2.75) is 30.9 Å². The smallest absolute Gasteiger partial charge is 0.164 e. The number of aromatic nitrogens is 5. The third kappa shape index (κ3) is 4.16. The second-order valence-electron chi connectivity index (χ2n) is 10.9. The SMILES string of the molecule is C[C@]1(O)C[C@@](N)(c2ccc(-c3nc4c(-c5cncnc5)c(-c5ccccc5)nn4cc3-c3ccccc3)cc2)C1. The molecule has 0 saturated heterocycles. The van der Waals surface area contributed by atoms with Crippen molar-refractivity contribution in [3.63, 3.8) is 0 Å². The standard InChI is InChI=1S/C33H28N6O/c1-32(40)19-33(34,20-32)26-14-12-24(13-15-26)29-27(22-8-4-2-5-9-22)18-39-31(37-29)28(25-16-35-21-36-17-25)30(38-39)23-10-6-3-7-11-23/h2-18,21,40H,19-20,34H2,1H3/t32-,33-. The molecule has 6 aromatic rings. The lowest BCUT2D eigenvalue weighted by molar-refractivity contribution is -0.0738. The van der Waals surface area contributed by atoms with Crippen LogP contribution in [-0.2, 0) is 5.54 Å². The van der Waals surface area contributed by atoms with Crippen molar-refractivity contribution in [2.75, 3.05) is 0 Å². The molecule has 196 valence electrons. The van der Waals surface area contributed by atoms with E-state index in [1.54, 1.807) is 12.4 Å². The molecule has 3 aromatic carbocycles. The topological polar surface area (TPSA) is 102 Å². The quantitative estimate of drug-likeness (QED) is 0.292. The van der Waals surface area contributed by atoms with Crippen LogP contribution in [0.5, 0.6) is 0 Å². The van der Waals surface area contributed by atoms with E-state index in [0.29, 0.717) is 12.8 Å². The molecule has 7 rings (SSSR count). The maximum absolute atomic E-state index is 10.3. The summed E-state index contributed by atoms with van der Waals surface area (Å²) in [6, 6.07) is 28.6. The molecule has 7 nitrogen and oxygen atoms in total. The number of nitrogens with zero attached hydrogens (tertiary/aromatic N) is 5. The van der Waals surface area contributed by atoms with Crippen LogP contribution in [0.2, 0.25) is 0 Å². The number of aliphatic hydroxyl groups is 1. The van der Waals surface area contributed by atoms with Gasteiger partial charge in [0.15, 0.2) is 5.65 Å². The van der Waals surface area contributed by atoms with Gasteiger partial charge in [0.25, 0.3) is 0 Å². The molecule has 7 heteroatoms. The molecule has 3 heterocycles. The maximum atomic E-state index is 10.3. The number of rotatable bonds is 5. The molecule has 0 spiro atoms. The summed E-state index contributed by atoms with van der Waals surface area (Å²) >= 11 is 0. The summed E-state index contributed by atoms with van der Waals surface area (Å²) in [4.78, 5) is 13.8. The zero-order valence-corrected chi connectivity index (χ0v) is 22.1. The van der Waals surface area contributed by atoms with Gasteiger partial charge >= 0.3 is 0 Å². The molecule has 0 amide bonds. The fourth-order valence-electron chi connectivity index (χ4n) is 5.98. The van der Waals surface area contributed by atoms with Gasteiger partial charge in [-0.1, -0.05) is 84.9 Å². The van der Waals surface area contributed by atoms with Crippen molar-refractivity contribution in [3.8, 4) is 44.8 Å². The van der Waals surface area contributed by atoms with Crippen molar-refractivity contribution < 1.29 is 5.11 Å². The first-order valence-corrected chi connectivity index (χ1v) is 13.3. The molecule has 3 N–H and O–H groups in total. The lowest BCUT2D eigenvalue weighted by Gasteiger charge is -2.49. The van der Waals surface area contributed by atoms with Crippen LogP contribution in [0.1, 0.15) is 25.3 Å². The average Bonchev–Trinajstić information content (AvgIpc) is 3.35. The Kier molecular flexibility index (Phi) is 5.59. The van der Waals surface area contributed by atoms with Crippen LogP contribution < -0.4 is 5.73 Å². The Morgan fingerprint density at radius 3 is 1.98 bits per heavy atom. The Hall–Kier alpha value is -4.72. The lowest BCUT2D eigenvalue weighted by atomic mass is 9.63. The molecule has 0 unspecified atom stereocenters. The number of hydrogen-bond donors (Lipinski definition) is 2. The highest BCUT2D eigenvalue weighted by molar-refractivity contribution is 5.92. The highest BCUT2D eigenvalue weighted by atomic mass is 16.3. The van der Waals surface area contributed by atoms with Gasteiger partial charge in [-0.3, -0.25) is 0 Å². The molecule has 1 aliphatic carbocycles. The van der Waals surface area contributed by atoms with Gasteiger partial charge in [-0.05, 0) is 30.9 Å². The van der Waals surface area contributed by atoms with E-state index in [9.17, 15) is 5.11 Å². The van der Waals surface area contributed by atoms with Gasteiger partial charge in [-0.25, -0.2) is 19.5 Å². The van der Waals surface area contributed by atoms with E-state index >= 15 is 0 Å². The minimum atomic E-state index is -0.712. The van der Waals surface area contributed by atoms with Gasteiger partial charge in [0, 0.05) is 46.4 Å². The third-order valence-corrected chi connectivity index (χ3v) is 7.72. The lowest BCUT2D eigenvalue weighted by Crippen LogP contribution is -2.58. The Balaban J connectivity index is 1.45. The molecule has 1 aliphatic rings. The first-order chi connectivity index (χ1) is 19.4. The second kappa shape index (κ2) is 9.19. The highest BCUT2D eigenvalue weighted by Crippen LogP contribution is 2.46. The Morgan fingerprint density at radius 2 is 1.35 bits per heavy atom. The van der Waals surface area contributed by atoms with Gasteiger partial charge in [-0.15, -0.1) is 0 Å². The molecular formula is C33H28N6O. The van der Waals surface area contributed by atoms with E-state index in [1.807, 2.05) is 66.2 Å². The molecule has 3 aromatic heterocycles. The van der Waals surface area contributed by atoms with Crippen LogP contribution in [0.3, 0.4) is 0 Å². The molecule has 0 atom stereocenters. The molecule has 1 fully saturated rings. The van der Waals surface area contributed by atoms with Crippen LogP contribution in [0, 0.1) is 0 Å². The first kappa shape index (κ1) is 24.3. The van der Waals surface area contributed by atoms with Crippen molar-refractivity contribution >= 4 is 5.65 Å². The maximum Gasteiger partial charge on any atom is 0.164 e. The van der Waals surface area contributed by atoms with E-state index in [4.69, 9.17) is 15.8 Å². The van der Waals surface area contributed by atoms with E-state index in [-0.39, 0.29) is 0 Å². The summed E-state index contributed by atoms with van der Waals surface area (Å²) in [7, 11) is 0. The van der Waals surface area contributed by atoms with Crippen molar-refractivity contribution in [2.24, 2.45) is 5.73 Å². The summed E-state index contributed by atoms with van der Waals surface area (Å²) in [6.45, 7) is 1.84. The van der Waals surface area contributed by atoms with E-state index in [0.717, 1.165) is 56.0 Å². The minimum absolute atomic E-state index is 0.516. The largest absolute Gasteiger partial charge is 0.390 e. The summed E-state index contributed by atoms with van der Waals surface area (Å²) in [6.07, 6.45) is 8.25. The number of benzene rings is 3. The zero-order chi connectivity index (χ0) is 27.3. The van der Waals surface area contributed by atoms with Crippen molar-refractivity contribution in [1.82, 2.24) is 24.6 Å². The molecule has 0 radical (unpaired) electrons. The number of hydrogen-bond acceptors (Lipinski definition) is 6. The first-order valence-electron chi connectivity index (χ1n) is 13.3. The van der Waals surface area contributed by atoms with Gasteiger partial charge in [0.05, 0.1) is 16.9 Å². The molecule has 40 heavy (non-hydrogen) atoms. The molecular weight excluding hydrogens is 496 g/mol. The summed E-state index contributed by atoms with van der Waals surface area (Å²) < 4.78 is 1.86. The summed E-state index contributed by atoms with van der Waals surface area (Å²) in [5.74, 6) is 0. The van der Waals surface area contributed by atoms with Crippen LogP contribution in [0.15, 0.2) is 110 Å². The highest BCUT2D eigenvalue weighted by Gasteiger charge is 2.49.